The molecule has 4 nitrogen and oxygen atoms in total. The van der Waals surface area contributed by atoms with Gasteiger partial charge < -0.3 is 10.4 Å². The van der Waals surface area contributed by atoms with Gasteiger partial charge in [0, 0.05) is 6.54 Å². The van der Waals surface area contributed by atoms with Crippen LogP contribution in [0, 0.1) is 5.82 Å². The number of carbonyl (C=O) groups is 2. The van der Waals surface area contributed by atoms with E-state index in [0.717, 1.165) is 0 Å². The van der Waals surface area contributed by atoms with E-state index in [1.807, 2.05) is 0 Å². The lowest BCUT2D eigenvalue weighted by Crippen LogP contribution is -2.25. The number of nitrogens with one attached hydrogen (secondary N) is 1. The Morgan fingerprint density at radius 3 is 2.73 bits per heavy atom. The molecule has 0 saturated heterocycles. The standard InChI is InChI=1S/C10H10FNO3/c11-8-3-1-2-7(4-8)6-12-9(13)5-10(14)15/h1-4H,5-6H2,(H,12,13)(H,14,15). The minimum atomic E-state index is -1.19. The first kappa shape index (κ1) is 11.2. The molecule has 15 heavy (non-hydrogen) atoms. The number of halogens is 1. The number of carboxylic acid groups (broad SMARTS) is 1. The highest BCUT2D eigenvalue weighted by molar-refractivity contribution is 5.93. The molecule has 0 bridgehead atoms. The van der Waals surface area contributed by atoms with Crippen molar-refractivity contribution in [2.24, 2.45) is 0 Å². The van der Waals surface area contributed by atoms with Gasteiger partial charge in [-0.2, -0.15) is 0 Å². The van der Waals surface area contributed by atoms with Crippen LogP contribution in [-0.4, -0.2) is 17.0 Å². The Bertz CT molecular complexity index is 379. The molecule has 0 aliphatic rings. The van der Waals surface area contributed by atoms with Crippen molar-refractivity contribution in [3.63, 3.8) is 0 Å². The number of amides is 1. The molecular formula is C10H10FNO3. The Hall–Kier alpha value is -1.91. The molecule has 0 aliphatic carbocycles. The van der Waals surface area contributed by atoms with E-state index in [1.165, 1.54) is 18.2 Å². The zero-order valence-corrected chi connectivity index (χ0v) is 7.87. The molecule has 0 spiro atoms. The van der Waals surface area contributed by atoms with Crippen molar-refractivity contribution >= 4 is 11.9 Å². The molecule has 0 atom stereocenters. The Morgan fingerprint density at radius 1 is 1.40 bits per heavy atom. The third-order valence-electron chi connectivity index (χ3n) is 1.69. The third-order valence-corrected chi connectivity index (χ3v) is 1.69. The summed E-state index contributed by atoms with van der Waals surface area (Å²) in [4.78, 5) is 21.1. The molecule has 0 radical (unpaired) electrons. The summed E-state index contributed by atoms with van der Waals surface area (Å²) in [5.74, 6) is -2.17. The summed E-state index contributed by atoms with van der Waals surface area (Å²) >= 11 is 0. The van der Waals surface area contributed by atoms with E-state index >= 15 is 0 Å². The molecule has 0 saturated carbocycles. The molecule has 0 heterocycles. The molecule has 2 N–H and O–H groups in total. The van der Waals surface area contributed by atoms with Gasteiger partial charge in [0.25, 0.3) is 0 Å². The van der Waals surface area contributed by atoms with Gasteiger partial charge in [-0.3, -0.25) is 9.59 Å². The first-order valence-corrected chi connectivity index (χ1v) is 4.31. The molecule has 5 heteroatoms. The molecule has 0 aliphatic heterocycles. The quantitative estimate of drug-likeness (QED) is 0.727. The van der Waals surface area contributed by atoms with Crippen molar-refractivity contribution < 1.29 is 19.1 Å². The topological polar surface area (TPSA) is 66.4 Å². The van der Waals surface area contributed by atoms with Gasteiger partial charge in [-0.25, -0.2) is 4.39 Å². The average Bonchev–Trinajstić information content (AvgIpc) is 2.14. The molecule has 80 valence electrons. The average molecular weight is 211 g/mol. The summed E-state index contributed by atoms with van der Waals surface area (Å²) in [7, 11) is 0. The fraction of sp³-hybridized carbons (Fsp3) is 0.200. The second-order valence-electron chi connectivity index (χ2n) is 2.98. The molecular weight excluding hydrogens is 201 g/mol. The smallest absolute Gasteiger partial charge is 0.312 e. The van der Waals surface area contributed by atoms with Crippen LogP contribution in [0.25, 0.3) is 0 Å². The normalized spacial score (nSPS) is 9.67. The van der Waals surface area contributed by atoms with Gasteiger partial charge >= 0.3 is 5.97 Å². The van der Waals surface area contributed by atoms with Gasteiger partial charge in [0.2, 0.25) is 5.91 Å². The van der Waals surface area contributed by atoms with Crippen molar-refractivity contribution in [3.8, 4) is 0 Å². The Morgan fingerprint density at radius 2 is 2.13 bits per heavy atom. The van der Waals surface area contributed by atoms with Gasteiger partial charge in [-0.05, 0) is 17.7 Å². The Labute approximate surface area is 85.7 Å². The molecule has 0 unspecified atom stereocenters. The maximum Gasteiger partial charge on any atom is 0.312 e. The van der Waals surface area contributed by atoms with Crippen molar-refractivity contribution in [2.45, 2.75) is 13.0 Å². The monoisotopic (exact) mass is 211 g/mol. The number of aliphatic carboxylic acids is 1. The number of hydrogen-bond acceptors (Lipinski definition) is 2. The van der Waals surface area contributed by atoms with Crippen molar-refractivity contribution in [1.29, 1.82) is 0 Å². The van der Waals surface area contributed by atoms with Crippen LogP contribution in [0.2, 0.25) is 0 Å². The first-order chi connectivity index (χ1) is 7.08. The van der Waals surface area contributed by atoms with E-state index in [9.17, 15) is 14.0 Å². The summed E-state index contributed by atoms with van der Waals surface area (Å²) in [5.41, 5.74) is 0.591. The maximum absolute atomic E-state index is 12.7. The minimum absolute atomic E-state index is 0.129. The fourth-order valence-electron chi connectivity index (χ4n) is 1.05. The zero-order chi connectivity index (χ0) is 11.3. The van der Waals surface area contributed by atoms with Crippen LogP contribution in [0.5, 0.6) is 0 Å². The second-order valence-corrected chi connectivity index (χ2v) is 2.98. The SMILES string of the molecule is O=C(O)CC(=O)NCc1cccc(F)c1. The van der Waals surface area contributed by atoms with Gasteiger partial charge in [-0.1, -0.05) is 12.1 Å². The van der Waals surface area contributed by atoms with E-state index in [-0.39, 0.29) is 12.4 Å². The Balaban J connectivity index is 2.43. The van der Waals surface area contributed by atoms with Gasteiger partial charge in [0.05, 0.1) is 0 Å². The van der Waals surface area contributed by atoms with Crippen molar-refractivity contribution in [2.75, 3.05) is 0 Å². The van der Waals surface area contributed by atoms with Crippen LogP contribution in [0.15, 0.2) is 24.3 Å². The molecule has 0 fully saturated rings. The van der Waals surface area contributed by atoms with Crippen LogP contribution < -0.4 is 5.32 Å². The summed E-state index contributed by atoms with van der Waals surface area (Å²) in [5, 5.41) is 10.7. The third kappa shape index (κ3) is 4.21. The maximum atomic E-state index is 12.7. The molecule has 1 amide bonds. The van der Waals surface area contributed by atoms with Crippen molar-refractivity contribution in [1.82, 2.24) is 5.32 Å². The second kappa shape index (κ2) is 5.09. The molecule has 1 aromatic rings. The minimum Gasteiger partial charge on any atom is -0.481 e. The van der Waals surface area contributed by atoms with Gasteiger partial charge in [-0.15, -0.1) is 0 Å². The highest BCUT2D eigenvalue weighted by Crippen LogP contribution is 2.02. The lowest BCUT2D eigenvalue weighted by molar-refractivity contribution is -0.140. The largest absolute Gasteiger partial charge is 0.481 e. The first-order valence-electron chi connectivity index (χ1n) is 4.31. The predicted octanol–water partition coefficient (Wildman–Crippen LogP) is 0.917. The van der Waals surface area contributed by atoms with E-state index in [4.69, 9.17) is 5.11 Å². The summed E-state index contributed by atoms with van der Waals surface area (Å²) in [6.45, 7) is 0.129. The Kier molecular flexibility index (Phi) is 3.79. The van der Waals surface area contributed by atoms with Crippen LogP contribution >= 0.6 is 0 Å². The molecule has 1 aromatic carbocycles. The van der Waals surface area contributed by atoms with Crippen LogP contribution in [-0.2, 0) is 16.1 Å². The van der Waals surface area contributed by atoms with Crippen molar-refractivity contribution in [3.05, 3.63) is 35.6 Å². The van der Waals surface area contributed by atoms with Crippen LogP contribution in [0.1, 0.15) is 12.0 Å². The van der Waals surface area contributed by atoms with E-state index in [0.29, 0.717) is 5.56 Å². The fourth-order valence-corrected chi connectivity index (χ4v) is 1.05. The van der Waals surface area contributed by atoms with Crippen LogP contribution in [0.3, 0.4) is 0 Å². The number of carboxylic acids is 1. The number of hydrogen-bond donors (Lipinski definition) is 2. The van der Waals surface area contributed by atoms with Crippen LogP contribution in [0.4, 0.5) is 4.39 Å². The van der Waals surface area contributed by atoms with Gasteiger partial charge in [0.15, 0.2) is 0 Å². The molecule has 1 rings (SSSR count). The van der Waals surface area contributed by atoms with E-state index in [1.54, 1.807) is 6.07 Å². The summed E-state index contributed by atoms with van der Waals surface area (Å²) in [6, 6.07) is 5.74. The predicted molar refractivity (Wildman–Crippen MR) is 50.5 cm³/mol. The lowest BCUT2D eigenvalue weighted by Gasteiger charge is -2.03. The number of benzene rings is 1. The number of rotatable bonds is 4. The summed E-state index contributed by atoms with van der Waals surface area (Å²) < 4.78 is 12.7. The highest BCUT2D eigenvalue weighted by atomic mass is 19.1. The summed E-state index contributed by atoms with van der Waals surface area (Å²) in [6.07, 6.45) is -0.574. The molecule has 0 aromatic heterocycles. The van der Waals surface area contributed by atoms with E-state index in [2.05, 4.69) is 5.32 Å². The highest BCUT2D eigenvalue weighted by Gasteiger charge is 2.06. The number of carbonyl (C=O) groups excluding carboxylic acids is 1. The zero-order valence-electron chi connectivity index (χ0n) is 7.87. The van der Waals surface area contributed by atoms with Gasteiger partial charge in [0.1, 0.15) is 12.2 Å². The lowest BCUT2D eigenvalue weighted by atomic mass is 10.2. The van der Waals surface area contributed by atoms with E-state index < -0.39 is 18.3 Å².